The predicted molar refractivity (Wildman–Crippen MR) is 113 cm³/mol. The second-order valence-corrected chi connectivity index (χ2v) is 7.36. The molecule has 4 rings (SSSR count). The highest BCUT2D eigenvalue weighted by Crippen LogP contribution is 2.44. The first-order valence-electron chi connectivity index (χ1n) is 9.03. The van der Waals surface area contributed by atoms with E-state index in [0.717, 1.165) is 0 Å². The number of nitrogens with zero attached hydrogens (tertiary/aromatic N) is 2. The molecule has 0 atom stereocenters. The van der Waals surface area contributed by atoms with Crippen LogP contribution in [0.2, 0.25) is 0 Å². The van der Waals surface area contributed by atoms with E-state index < -0.39 is 10.5 Å². The maximum atomic E-state index is 13.3. The molecule has 9 nitrogen and oxygen atoms in total. The second kappa shape index (κ2) is 7.54. The van der Waals surface area contributed by atoms with E-state index in [1.807, 2.05) is 0 Å². The van der Waals surface area contributed by atoms with Crippen molar-refractivity contribution in [3.05, 3.63) is 61.9 Å². The molecular weight excluding hydrogens is 458 g/mol. The molecule has 1 aromatic heterocycles. The van der Waals surface area contributed by atoms with E-state index in [9.17, 15) is 24.8 Å². The Labute approximate surface area is 178 Å². The van der Waals surface area contributed by atoms with Gasteiger partial charge >= 0.3 is 0 Å². The van der Waals surface area contributed by atoms with Crippen LogP contribution in [0.4, 0.5) is 5.69 Å². The number of hydrogen-bond donors (Lipinski definition) is 2. The Morgan fingerprint density at radius 3 is 2.63 bits per heavy atom. The largest absolute Gasteiger partial charge is 0.504 e. The Morgan fingerprint density at radius 1 is 1.20 bits per heavy atom. The molecular formula is C20H16BrN3O6. The van der Waals surface area contributed by atoms with Gasteiger partial charge in [0.1, 0.15) is 0 Å². The summed E-state index contributed by atoms with van der Waals surface area (Å²) in [7, 11) is 1.40. The molecule has 2 aromatic carbocycles. The molecule has 1 aliphatic carbocycles. The number of fused-ring (bicyclic) bond motifs is 5. The number of hydrogen-bond acceptors (Lipinski definition) is 7. The van der Waals surface area contributed by atoms with Gasteiger partial charge in [0.15, 0.2) is 17.3 Å². The normalized spacial score (nSPS) is 12.1. The number of non-ortho nitro benzene ring substituents is 1. The molecule has 0 unspecified atom stereocenters. The number of phenols is 1. The van der Waals surface area contributed by atoms with Crippen LogP contribution in [0.3, 0.4) is 0 Å². The van der Waals surface area contributed by atoms with Gasteiger partial charge in [0.2, 0.25) is 0 Å². The summed E-state index contributed by atoms with van der Waals surface area (Å²) in [6.45, 7) is 0.849. The van der Waals surface area contributed by atoms with Crippen LogP contribution in [0.25, 0.3) is 22.0 Å². The lowest BCUT2D eigenvalue weighted by Crippen LogP contribution is -2.24. The van der Waals surface area contributed by atoms with Crippen molar-refractivity contribution in [3.8, 4) is 22.8 Å². The highest BCUT2D eigenvalue weighted by atomic mass is 79.9. The van der Waals surface area contributed by atoms with Gasteiger partial charge in [-0.1, -0.05) is 0 Å². The molecule has 3 aromatic rings. The third-order valence-corrected chi connectivity index (χ3v) is 5.56. The summed E-state index contributed by atoms with van der Waals surface area (Å²) in [6.07, 6.45) is 0.566. The number of phenolic OH excluding ortho intramolecular Hbond substituents is 1. The van der Waals surface area contributed by atoms with Crippen molar-refractivity contribution < 1.29 is 19.6 Å². The standard InChI is InChI=1S/C20H16BrN3O6/c1-30-16-9-12-13(8-15(16)25)19(26)17-11-4-3-10(24(28)29)7-14(11)20(27)23(18(12)17)6-2-5-22-21/h3-4,7-9,22,25H,2,5-6H2,1H3. The maximum Gasteiger partial charge on any atom is 0.270 e. The zero-order chi connectivity index (χ0) is 21.6. The number of aromatic hydroxyl groups is 1. The minimum Gasteiger partial charge on any atom is -0.504 e. The molecule has 0 radical (unpaired) electrons. The van der Waals surface area contributed by atoms with E-state index in [1.54, 1.807) is 0 Å². The maximum absolute atomic E-state index is 13.3. The summed E-state index contributed by atoms with van der Waals surface area (Å²) in [5, 5.41) is 21.8. The first-order chi connectivity index (χ1) is 14.4. The van der Waals surface area contributed by atoms with E-state index in [1.165, 1.54) is 42.0 Å². The zero-order valence-electron chi connectivity index (χ0n) is 15.8. The van der Waals surface area contributed by atoms with Crippen LogP contribution in [0.5, 0.6) is 11.5 Å². The van der Waals surface area contributed by atoms with Crippen molar-refractivity contribution in [2.45, 2.75) is 13.0 Å². The number of methoxy groups -OCH3 is 1. The number of ketones is 1. The lowest BCUT2D eigenvalue weighted by molar-refractivity contribution is -0.384. The molecule has 0 fully saturated rings. The molecule has 0 bridgehead atoms. The Balaban J connectivity index is 2.09. The molecule has 0 saturated carbocycles. The molecule has 1 aliphatic rings. The highest BCUT2D eigenvalue weighted by Gasteiger charge is 2.34. The van der Waals surface area contributed by atoms with Gasteiger partial charge in [-0.2, -0.15) is 0 Å². The number of nitro benzene ring substituents is 1. The monoisotopic (exact) mass is 473 g/mol. The van der Waals surface area contributed by atoms with E-state index in [2.05, 4.69) is 20.5 Å². The predicted octanol–water partition coefficient (Wildman–Crippen LogP) is 3.12. The molecule has 0 aliphatic heterocycles. The summed E-state index contributed by atoms with van der Waals surface area (Å²) in [4.78, 5) is 37.2. The van der Waals surface area contributed by atoms with E-state index >= 15 is 0 Å². The van der Waals surface area contributed by atoms with E-state index in [0.29, 0.717) is 29.6 Å². The zero-order valence-corrected chi connectivity index (χ0v) is 17.4. The molecule has 10 heteroatoms. The van der Waals surface area contributed by atoms with Gasteiger partial charge in [0.25, 0.3) is 11.2 Å². The summed E-state index contributed by atoms with van der Waals surface area (Å²) >= 11 is 3.12. The number of benzene rings is 2. The number of nitro groups is 1. The minimum atomic E-state index is -0.579. The third-order valence-electron chi connectivity index (χ3n) is 5.16. The van der Waals surface area contributed by atoms with Gasteiger partial charge in [-0.05, 0) is 24.6 Å². The first kappa shape index (κ1) is 20.0. The summed E-state index contributed by atoms with van der Waals surface area (Å²) in [5.41, 5.74) is 0.795. The number of rotatable bonds is 6. The summed E-state index contributed by atoms with van der Waals surface area (Å²) in [6, 6.07) is 6.76. The van der Waals surface area contributed by atoms with Crippen LogP contribution in [0.15, 0.2) is 35.1 Å². The molecule has 0 spiro atoms. The van der Waals surface area contributed by atoms with Crippen LogP contribution in [0, 0.1) is 10.1 Å². The molecule has 30 heavy (non-hydrogen) atoms. The van der Waals surface area contributed by atoms with Crippen molar-refractivity contribution in [1.82, 2.24) is 8.91 Å². The summed E-state index contributed by atoms with van der Waals surface area (Å²) < 4.78 is 9.47. The van der Waals surface area contributed by atoms with E-state index in [4.69, 9.17) is 4.74 Å². The number of ether oxygens (including phenoxy) is 1. The van der Waals surface area contributed by atoms with Crippen molar-refractivity contribution in [3.63, 3.8) is 0 Å². The van der Waals surface area contributed by atoms with Gasteiger partial charge in [0, 0.05) is 57.9 Å². The van der Waals surface area contributed by atoms with Crippen molar-refractivity contribution in [2.24, 2.45) is 0 Å². The number of carbonyl (C=O) groups is 1. The van der Waals surface area contributed by atoms with Crippen LogP contribution < -0.4 is 14.6 Å². The quantitative estimate of drug-likeness (QED) is 0.191. The molecule has 154 valence electrons. The number of pyridine rings is 1. The van der Waals surface area contributed by atoms with Crippen LogP contribution in [0.1, 0.15) is 22.3 Å². The minimum absolute atomic E-state index is 0.104. The van der Waals surface area contributed by atoms with Gasteiger partial charge in [0.05, 0.1) is 28.7 Å². The van der Waals surface area contributed by atoms with E-state index in [-0.39, 0.29) is 46.0 Å². The van der Waals surface area contributed by atoms with Crippen molar-refractivity contribution in [2.75, 3.05) is 13.7 Å². The smallest absolute Gasteiger partial charge is 0.270 e. The fourth-order valence-corrected chi connectivity index (χ4v) is 4.11. The van der Waals surface area contributed by atoms with Gasteiger partial charge in [-0.3, -0.25) is 24.0 Å². The van der Waals surface area contributed by atoms with Crippen LogP contribution >= 0.6 is 16.1 Å². The fraction of sp³-hybridized carbons (Fsp3) is 0.200. The lowest BCUT2D eigenvalue weighted by Gasteiger charge is -2.15. The first-order valence-corrected chi connectivity index (χ1v) is 9.82. The number of aromatic nitrogens is 1. The Kier molecular flexibility index (Phi) is 5.04. The highest BCUT2D eigenvalue weighted by molar-refractivity contribution is 9.08. The Hall–Kier alpha value is -3.24. The topological polar surface area (TPSA) is 124 Å². The van der Waals surface area contributed by atoms with Gasteiger partial charge in [-0.25, -0.2) is 0 Å². The number of halogens is 1. The summed E-state index contributed by atoms with van der Waals surface area (Å²) in [5.74, 6) is -0.363. The number of carbonyl (C=O) groups excluding carboxylic acids is 1. The molecule has 0 amide bonds. The van der Waals surface area contributed by atoms with Crippen LogP contribution in [-0.4, -0.2) is 34.0 Å². The van der Waals surface area contributed by atoms with Crippen molar-refractivity contribution >= 4 is 38.4 Å². The average Bonchev–Trinajstić information content (AvgIpc) is 3.01. The second-order valence-electron chi connectivity index (χ2n) is 6.80. The molecule has 0 saturated heterocycles. The van der Waals surface area contributed by atoms with Crippen molar-refractivity contribution in [1.29, 1.82) is 0 Å². The van der Waals surface area contributed by atoms with Gasteiger partial charge in [-0.15, -0.1) is 0 Å². The molecule has 2 N–H and O–H groups in total. The average molecular weight is 474 g/mol. The fourth-order valence-electron chi connectivity index (χ4n) is 3.83. The third kappa shape index (κ3) is 2.96. The number of nitrogens with one attached hydrogen (secondary N) is 1. The molecule has 1 heterocycles. The Bertz CT molecular complexity index is 1280. The SMILES string of the molecule is COc1cc2c(cc1O)C(=O)c1c-2n(CCCNBr)c(=O)c2cc([N+](=O)[O-])ccc12. The van der Waals surface area contributed by atoms with Crippen LogP contribution in [-0.2, 0) is 6.54 Å². The van der Waals surface area contributed by atoms with Gasteiger partial charge < -0.3 is 14.4 Å². The lowest BCUT2D eigenvalue weighted by atomic mass is 10.0. The Morgan fingerprint density at radius 2 is 1.97 bits per heavy atom.